The van der Waals surface area contributed by atoms with E-state index < -0.39 is 0 Å². The maximum absolute atomic E-state index is 13.4. The molecule has 0 spiro atoms. The Morgan fingerprint density at radius 2 is 2.14 bits per heavy atom. The molecule has 2 heterocycles. The number of hydrogen-bond acceptors (Lipinski definition) is 3. The van der Waals surface area contributed by atoms with E-state index in [9.17, 15) is 14.0 Å². The molecule has 0 unspecified atom stereocenters. The van der Waals surface area contributed by atoms with Crippen molar-refractivity contribution >= 4 is 11.8 Å². The van der Waals surface area contributed by atoms with Gasteiger partial charge in [-0.2, -0.15) is 5.10 Å². The first-order chi connectivity index (χ1) is 13.4. The summed E-state index contributed by atoms with van der Waals surface area (Å²) in [5.74, 6) is -0.633. The minimum Gasteiger partial charge on any atom is -0.352 e. The molecule has 1 N–H and O–H groups in total. The number of rotatable bonds is 6. The first-order valence-corrected chi connectivity index (χ1v) is 9.71. The number of nitrogens with one attached hydrogen (secondary N) is 1. The van der Waals surface area contributed by atoms with Gasteiger partial charge in [-0.05, 0) is 44.9 Å². The van der Waals surface area contributed by atoms with Crippen molar-refractivity contribution in [2.45, 2.75) is 53.2 Å². The summed E-state index contributed by atoms with van der Waals surface area (Å²) < 4.78 is 15.3. The predicted molar refractivity (Wildman–Crippen MR) is 104 cm³/mol. The van der Waals surface area contributed by atoms with Gasteiger partial charge in [0.2, 0.25) is 11.8 Å². The Bertz CT molecular complexity index is 877. The normalized spacial score (nSPS) is 17.1. The fraction of sp³-hybridized carbons (Fsp3) is 0.476. The molecule has 2 amide bonds. The molecular formula is C21H27FN4O2. The average Bonchev–Trinajstić information content (AvgIpc) is 2.94. The van der Waals surface area contributed by atoms with Crippen molar-refractivity contribution in [3.63, 3.8) is 0 Å². The van der Waals surface area contributed by atoms with Gasteiger partial charge in [-0.3, -0.25) is 14.3 Å². The highest BCUT2D eigenvalue weighted by molar-refractivity contribution is 5.83. The van der Waals surface area contributed by atoms with Crippen LogP contribution < -0.4 is 5.32 Å². The fourth-order valence-corrected chi connectivity index (χ4v) is 3.75. The molecule has 0 saturated carbocycles. The standard InChI is InChI=1S/C21H27FN4O2/c1-4-26-15(3)19(14(2)24-26)11-23-21(28)17-8-9-20(27)25(13-17)12-16-6-5-7-18(22)10-16/h5-7,10,17H,4,8-9,11-13H2,1-3H3,(H,23,28)/t17-/m0/s1. The number of aryl methyl sites for hydroxylation is 2. The molecule has 1 fully saturated rings. The highest BCUT2D eigenvalue weighted by Gasteiger charge is 2.30. The van der Waals surface area contributed by atoms with E-state index >= 15 is 0 Å². The van der Waals surface area contributed by atoms with E-state index in [-0.39, 0.29) is 23.5 Å². The van der Waals surface area contributed by atoms with Crippen molar-refractivity contribution in [3.05, 3.63) is 52.6 Å². The number of carbonyl (C=O) groups excluding carboxylic acids is 2. The lowest BCUT2D eigenvalue weighted by atomic mass is 9.96. The van der Waals surface area contributed by atoms with E-state index in [1.165, 1.54) is 12.1 Å². The highest BCUT2D eigenvalue weighted by atomic mass is 19.1. The number of benzene rings is 1. The highest BCUT2D eigenvalue weighted by Crippen LogP contribution is 2.21. The van der Waals surface area contributed by atoms with Crippen LogP contribution in [-0.4, -0.2) is 33.0 Å². The molecule has 3 rings (SSSR count). The number of halogens is 1. The van der Waals surface area contributed by atoms with E-state index in [0.717, 1.165) is 29.1 Å². The number of carbonyl (C=O) groups is 2. The van der Waals surface area contributed by atoms with E-state index in [1.807, 2.05) is 25.5 Å². The molecule has 28 heavy (non-hydrogen) atoms. The lowest BCUT2D eigenvalue weighted by molar-refractivity contribution is -0.139. The Morgan fingerprint density at radius 3 is 2.82 bits per heavy atom. The molecule has 0 radical (unpaired) electrons. The van der Waals surface area contributed by atoms with Crippen molar-refractivity contribution in [3.8, 4) is 0 Å². The third-order valence-electron chi connectivity index (χ3n) is 5.40. The summed E-state index contributed by atoms with van der Waals surface area (Å²) in [6.45, 7) is 7.89. The van der Waals surface area contributed by atoms with Crippen molar-refractivity contribution in [2.24, 2.45) is 5.92 Å². The summed E-state index contributed by atoms with van der Waals surface area (Å²) in [5.41, 5.74) is 3.75. The average molecular weight is 386 g/mol. The Labute approximate surface area is 164 Å². The van der Waals surface area contributed by atoms with Gasteiger partial charge in [0.15, 0.2) is 0 Å². The van der Waals surface area contributed by atoms with Crippen LogP contribution in [0.15, 0.2) is 24.3 Å². The summed E-state index contributed by atoms with van der Waals surface area (Å²) in [4.78, 5) is 26.6. The zero-order chi connectivity index (χ0) is 20.3. The SMILES string of the molecule is CCn1nc(C)c(CNC(=O)[C@H]2CCC(=O)N(Cc3cccc(F)c3)C2)c1C. The van der Waals surface area contributed by atoms with Gasteiger partial charge in [0.1, 0.15) is 5.82 Å². The van der Waals surface area contributed by atoms with Gasteiger partial charge < -0.3 is 10.2 Å². The van der Waals surface area contributed by atoms with Crippen LogP contribution in [0.25, 0.3) is 0 Å². The van der Waals surface area contributed by atoms with Crippen molar-refractivity contribution in [2.75, 3.05) is 6.54 Å². The van der Waals surface area contributed by atoms with Crippen LogP contribution in [0.5, 0.6) is 0 Å². The summed E-state index contributed by atoms with van der Waals surface area (Å²) >= 11 is 0. The van der Waals surface area contributed by atoms with Gasteiger partial charge in [0.05, 0.1) is 11.6 Å². The van der Waals surface area contributed by atoms with Crippen LogP contribution in [0.2, 0.25) is 0 Å². The third-order valence-corrected chi connectivity index (χ3v) is 5.40. The van der Waals surface area contributed by atoms with Crippen molar-refractivity contribution < 1.29 is 14.0 Å². The van der Waals surface area contributed by atoms with E-state index in [0.29, 0.717) is 32.5 Å². The molecule has 1 aliphatic heterocycles. The minimum atomic E-state index is -0.324. The lowest BCUT2D eigenvalue weighted by Gasteiger charge is -2.32. The number of piperidine rings is 1. The van der Waals surface area contributed by atoms with Crippen LogP contribution >= 0.6 is 0 Å². The second-order valence-corrected chi connectivity index (χ2v) is 7.32. The summed E-state index contributed by atoms with van der Waals surface area (Å²) in [6, 6.07) is 6.22. The monoisotopic (exact) mass is 386 g/mol. The number of hydrogen-bond donors (Lipinski definition) is 1. The molecule has 0 aliphatic carbocycles. The fourth-order valence-electron chi connectivity index (χ4n) is 3.75. The zero-order valence-corrected chi connectivity index (χ0v) is 16.7. The number of aromatic nitrogens is 2. The molecule has 1 aliphatic rings. The summed E-state index contributed by atoms with van der Waals surface area (Å²) in [5, 5.41) is 7.48. The number of nitrogens with zero attached hydrogens (tertiary/aromatic N) is 3. The van der Waals surface area contributed by atoms with Gasteiger partial charge in [0.25, 0.3) is 0 Å². The summed E-state index contributed by atoms with van der Waals surface area (Å²) in [6.07, 6.45) is 0.871. The van der Waals surface area contributed by atoms with E-state index in [4.69, 9.17) is 0 Å². The van der Waals surface area contributed by atoms with E-state index in [1.54, 1.807) is 17.0 Å². The predicted octanol–water partition coefficient (Wildman–Crippen LogP) is 2.71. The molecular weight excluding hydrogens is 359 g/mol. The Kier molecular flexibility index (Phi) is 6.11. The molecule has 150 valence electrons. The molecule has 7 heteroatoms. The number of amides is 2. The first-order valence-electron chi connectivity index (χ1n) is 9.71. The smallest absolute Gasteiger partial charge is 0.225 e. The van der Waals surface area contributed by atoms with Crippen LogP contribution in [0.1, 0.15) is 42.3 Å². The Hall–Kier alpha value is -2.70. The second-order valence-electron chi connectivity index (χ2n) is 7.32. The Balaban J connectivity index is 1.61. The van der Waals surface area contributed by atoms with Gasteiger partial charge in [-0.15, -0.1) is 0 Å². The Morgan fingerprint density at radius 1 is 1.36 bits per heavy atom. The molecule has 1 atom stereocenters. The second kappa shape index (κ2) is 8.54. The first kappa shape index (κ1) is 20.0. The largest absolute Gasteiger partial charge is 0.352 e. The molecule has 1 aromatic heterocycles. The van der Waals surface area contributed by atoms with Gasteiger partial charge >= 0.3 is 0 Å². The van der Waals surface area contributed by atoms with E-state index in [2.05, 4.69) is 10.4 Å². The molecule has 2 aromatic rings. The minimum absolute atomic E-state index is 0.00391. The third kappa shape index (κ3) is 4.40. The lowest BCUT2D eigenvalue weighted by Crippen LogP contribution is -2.45. The molecule has 0 bridgehead atoms. The maximum atomic E-state index is 13.4. The summed E-state index contributed by atoms with van der Waals surface area (Å²) in [7, 11) is 0. The van der Waals surface area contributed by atoms with Crippen LogP contribution in [0, 0.1) is 25.6 Å². The number of likely N-dealkylation sites (tertiary alicyclic amines) is 1. The van der Waals surface area contributed by atoms with Crippen molar-refractivity contribution in [1.82, 2.24) is 20.0 Å². The zero-order valence-electron chi connectivity index (χ0n) is 16.7. The molecule has 1 saturated heterocycles. The van der Waals surface area contributed by atoms with Crippen LogP contribution in [-0.2, 0) is 29.2 Å². The van der Waals surface area contributed by atoms with Gasteiger partial charge in [0, 0.05) is 43.9 Å². The molecule has 6 nitrogen and oxygen atoms in total. The quantitative estimate of drug-likeness (QED) is 0.830. The topological polar surface area (TPSA) is 67.2 Å². The van der Waals surface area contributed by atoms with Gasteiger partial charge in [-0.25, -0.2) is 4.39 Å². The van der Waals surface area contributed by atoms with Crippen molar-refractivity contribution in [1.29, 1.82) is 0 Å². The molecule has 1 aromatic carbocycles. The van der Waals surface area contributed by atoms with Crippen LogP contribution in [0.4, 0.5) is 4.39 Å². The maximum Gasteiger partial charge on any atom is 0.225 e. The van der Waals surface area contributed by atoms with Gasteiger partial charge in [-0.1, -0.05) is 12.1 Å². The van der Waals surface area contributed by atoms with Crippen LogP contribution in [0.3, 0.4) is 0 Å².